The molecule has 1 heterocycles. The Bertz CT molecular complexity index is 680. The van der Waals surface area contributed by atoms with Gasteiger partial charge in [-0.15, -0.1) is 0 Å². The summed E-state index contributed by atoms with van der Waals surface area (Å²) in [5.74, 6) is 0. The maximum atomic E-state index is 12.3. The summed E-state index contributed by atoms with van der Waals surface area (Å²) in [6.45, 7) is 0.665. The lowest BCUT2D eigenvalue weighted by Crippen LogP contribution is -2.31. The number of pyridine rings is 1. The van der Waals surface area contributed by atoms with Gasteiger partial charge in [0.25, 0.3) is 5.56 Å². The summed E-state index contributed by atoms with van der Waals surface area (Å²) in [4.78, 5) is 14.3. The van der Waals surface area contributed by atoms with Crippen molar-refractivity contribution in [2.75, 3.05) is 20.6 Å². The van der Waals surface area contributed by atoms with Crippen LogP contribution in [0.25, 0.3) is 0 Å². The summed E-state index contributed by atoms with van der Waals surface area (Å²) in [5.41, 5.74) is 0.831. The van der Waals surface area contributed by atoms with E-state index >= 15 is 0 Å². The second kappa shape index (κ2) is 6.97. The van der Waals surface area contributed by atoms with E-state index < -0.39 is 0 Å². The second-order valence-electron chi connectivity index (χ2n) is 5.07. The molecule has 1 aromatic heterocycles. The number of benzene rings is 1. The van der Waals surface area contributed by atoms with Crippen LogP contribution in [0.2, 0.25) is 10.0 Å². The molecule has 0 fully saturated rings. The van der Waals surface area contributed by atoms with Crippen LogP contribution in [0.4, 0.5) is 0 Å². The molecule has 0 spiro atoms. The predicted molar refractivity (Wildman–Crippen MR) is 91.6 cm³/mol. The van der Waals surface area contributed by atoms with Crippen LogP contribution in [0.5, 0.6) is 0 Å². The minimum atomic E-state index is -0.156. The van der Waals surface area contributed by atoms with Crippen molar-refractivity contribution in [2.24, 2.45) is 0 Å². The van der Waals surface area contributed by atoms with Crippen LogP contribution in [-0.2, 0) is 0 Å². The number of hydrogen-bond donors (Lipinski definition) is 0. The molecule has 0 saturated carbocycles. The van der Waals surface area contributed by atoms with Crippen LogP contribution >= 0.6 is 39.1 Å². The van der Waals surface area contributed by atoms with Crippen LogP contribution in [-0.4, -0.2) is 30.1 Å². The van der Waals surface area contributed by atoms with Gasteiger partial charge >= 0.3 is 0 Å². The fraction of sp³-hybridized carbons (Fsp3) is 0.267. The molecular weight excluding hydrogens is 375 g/mol. The van der Waals surface area contributed by atoms with Crippen molar-refractivity contribution >= 4 is 39.1 Å². The number of rotatable bonds is 4. The highest BCUT2D eigenvalue weighted by molar-refractivity contribution is 9.10. The Balaban J connectivity index is 2.54. The fourth-order valence-electron chi connectivity index (χ4n) is 2.19. The minimum Gasteiger partial charge on any atom is -0.307 e. The fourth-order valence-corrected chi connectivity index (χ4v) is 3.05. The molecule has 21 heavy (non-hydrogen) atoms. The third kappa shape index (κ3) is 4.33. The molecule has 2 rings (SSSR count). The van der Waals surface area contributed by atoms with Crippen LogP contribution < -0.4 is 5.56 Å². The Hall–Kier alpha value is -0.810. The number of halogens is 3. The summed E-state index contributed by atoms with van der Waals surface area (Å²) in [6.07, 6.45) is 1.77. The SMILES string of the molecule is CN(C)CC(c1cc(Cl)cc(Cl)c1)n1ccc(Br)cc1=O. The summed E-state index contributed by atoms with van der Waals surface area (Å²) < 4.78 is 2.45. The quantitative estimate of drug-likeness (QED) is 0.787. The number of likely N-dealkylation sites (N-methyl/N-ethyl adjacent to an activating group) is 1. The van der Waals surface area contributed by atoms with Crippen molar-refractivity contribution < 1.29 is 0 Å². The molecular formula is C15H15BrCl2N2O. The maximum Gasteiger partial charge on any atom is 0.252 e. The summed E-state index contributed by atoms with van der Waals surface area (Å²) in [7, 11) is 3.92. The van der Waals surface area contributed by atoms with Crippen molar-refractivity contribution in [1.29, 1.82) is 0 Å². The first-order chi connectivity index (χ1) is 9.86. The molecule has 0 aliphatic heterocycles. The predicted octanol–water partition coefficient (Wildman–Crippen LogP) is 4.07. The molecule has 0 bridgehead atoms. The average molecular weight is 390 g/mol. The van der Waals surface area contributed by atoms with Gasteiger partial charge in [-0.25, -0.2) is 0 Å². The highest BCUT2D eigenvalue weighted by Crippen LogP contribution is 2.26. The average Bonchev–Trinajstić information content (AvgIpc) is 2.35. The van der Waals surface area contributed by atoms with E-state index in [-0.39, 0.29) is 11.6 Å². The van der Waals surface area contributed by atoms with Gasteiger partial charge in [-0.2, -0.15) is 0 Å². The van der Waals surface area contributed by atoms with E-state index in [1.54, 1.807) is 22.9 Å². The lowest BCUT2D eigenvalue weighted by atomic mass is 10.1. The van der Waals surface area contributed by atoms with Gasteiger partial charge in [-0.3, -0.25) is 4.79 Å². The zero-order valence-electron chi connectivity index (χ0n) is 11.7. The molecule has 0 saturated heterocycles. The van der Waals surface area contributed by atoms with Crippen molar-refractivity contribution in [3.63, 3.8) is 0 Å². The Morgan fingerprint density at radius 2 is 1.81 bits per heavy atom. The first-order valence-electron chi connectivity index (χ1n) is 6.35. The maximum absolute atomic E-state index is 12.3. The zero-order chi connectivity index (χ0) is 15.6. The van der Waals surface area contributed by atoms with E-state index in [0.29, 0.717) is 16.6 Å². The van der Waals surface area contributed by atoms with Crippen LogP contribution in [0.15, 0.2) is 45.8 Å². The zero-order valence-corrected chi connectivity index (χ0v) is 14.8. The van der Waals surface area contributed by atoms with Gasteiger partial charge in [0.1, 0.15) is 0 Å². The van der Waals surface area contributed by atoms with Gasteiger partial charge < -0.3 is 9.47 Å². The number of aromatic nitrogens is 1. The summed E-state index contributed by atoms with van der Waals surface area (Å²) in [6, 6.07) is 8.61. The lowest BCUT2D eigenvalue weighted by Gasteiger charge is -2.24. The van der Waals surface area contributed by atoms with Crippen molar-refractivity contribution in [1.82, 2.24) is 9.47 Å². The molecule has 1 aromatic carbocycles. The molecule has 1 unspecified atom stereocenters. The molecule has 3 nitrogen and oxygen atoms in total. The first-order valence-corrected chi connectivity index (χ1v) is 7.90. The van der Waals surface area contributed by atoms with Gasteiger partial charge in [0.05, 0.1) is 6.04 Å². The molecule has 0 amide bonds. The normalized spacial score (nSPS) is 12.7. The van der Waals surface area contributed by atoms with E-state index in [2.05, 4.69) is 15.9 Å². The van der Waals surface area contributed by atoms with E-state index in [9.17, 15) is 4.79 Å². The van der Waals surface area contributed by atoms with E-state index in [0.717, 1.165) is 10.0 Å². The largest absolute Gasteiger partial charge is 0.307 e. The van der Waals surface area contributed by atoms with Gasteiger partial charge in [0.15, 0.2) is 0 Å². The molecule has 0 aliphatic rings. The van der Waals surface area contributed by atoms with E-state index in [1.807, 2.05) is 37.2 Å². The Morgan fingerprint density at radius 1 is 1.19 bits per heavy atom. The number of hydrogen-bond acceptors (Lipinski definition) is 2. The third-order valence-corrected chi connectivity index (χ3v) is 3.98. The summed E-state index contributed by atoms with van der Waals surface area (Å²) in [5, 5.41) is 1.12. The van der Waals surface area contributed by atoms with Crippen LogP contribution in [0.3, 0.4) is 0 Å². The molecule has 2 aromatic rings. The van der Waals surface area contributed by atoms with Gasteiger partial charge in [-0.05, 0) is 43.9 Å². The van der Waals surface area contributed by atoms with Crippen LogP contribution in [0, 0.1) is 0 Å². The molecule has 6 heteroatoms. The monoisotopic (exact) mass is 388 g/mol. The Kier molecular flexibility index (Phi) is 5.49. The van der Waals surface area contributed by atoms with Crippen molar-refractivity contribution in [2.45, 2.75) is 6.04 Å². The Labute approximate surface area is 142 Å². The second-order valence-corrected chi connectivity index (χ2v) is 6.86. The molecule has 112 valence electrons. The standard InChI is InChI=1S/C15H15BrCl2N2O/c1-19(2)9-14(10-5-12(17)8-13(18)6-10)20-4-3-11(16)7-15(20)21/h3-8,14H,9H2,1-2H3. The molecule has 0 N–H and O–H groups in total. The number of nitrogens with zero attached hydrogens (tertiary/aromatic N) is 2. The minimum absolute atomic E-state index is 0.0766. The molecule has 1 atom stereocenters. The van der Waals surface area contributed by atoms with Gasteiger partial charge in [0.2, 0.25) is 0 Å². The van der Waals surface area contributed by atoms with E-state index in [1.165, 1.54) is 0 Å². The Morgan fingerprint density at radius 3 is 2.33 bits per heavy atom. The van der Waals surface area contributed by atoms with Crippen molar-refractivity contribution in [3.05, 3.63) is 67.0 Å². The van der Waals surface area contributed by atoms with Crippen LogP contribution in [0.1, 0.15) is 11.6 Å². The van der Waals surface area contributed by atoms with Gasteiger partial charge in [0, 0.05) is 33.3 Å². The highest BCUT2D eigenvalue weighted by atomic mass is 79.9. The first kappa shape index (κ1) is 16.6. The summed E-state index contributed by atoms with van der Waals surface area (Å²) >= 11 is 15.5. The smallest absolute Gasteiger partial charge is 0.252 e. The lowest BCUT2D eigenvalue weighted by molar-refractivity contribution is 0.346. The highest BCUT2D eigenvalue weighted by Gasteiger charge is 2.17. The third-order valence-electron chi connectivity index (χ3n) is 3.05. The topological polar surface area (TPSA) is 25.2 Å². The molecule has 0 radical (unpaired) electrons. The van der Waals surface area contributed by atoms with Gasteiger partial charge in [-0.1, -0.05) is 39.1 Å². The molecule has 0 aliphatic carbocycles. The van der Waals surface area contributed by atoms with E-state index in [4.69, 9.17) is 23.2 Å². The van der Waals surface area contributed by atoms with Crippen molar-refractivity contribution in [3.8, 4) is 0 Å².